The predicted molar refractivity (Wildman–Crippen MR) is 111 cm³/mol. The van der Waals surface area contributed by atoms with Crippen molar-refractivity contribution in [1.29, 1.82) is 0 Å². The second-order valence-corrected chi connectivity index (χ2v) is 7.02. The monoisotopic (exact) mass is 424 g/mol. The summed E-state index contributed by atoms with van der Waals surface area (Å²) in [6.07, 6.45) is 0. The van der Waals surface area contributed by atoms with E-state index in [1.54, 1.807) is 13.0 Å². The van der Waals surface area contributed by atoms with E-state index in [1.165, 1.54) is 4.40 Å². The first-order valence-corrected chi connectivity index (χ1v) is 9.36. The fourth-order valence-electron chi connectivity index (χ4n) is 3.02. The number of carbonyl (C=O) groups excluding carboxylic acids is 1. The van der Waals surface area contributed by atoms with Crippen LogP contribution in [-0.4, -0.2) is 25.1 Å². The maximum atomic E-state index is 13.8. The van der Waals surface area contributed by atoms with Gasteiger partial charge < -0.3 is 10.6 Å². The van der Waals surface area contributed by atoms with Gasteiger partial charge in [-0.1, -0.05) is 17.7 Å². The third-order valence-corrected chi connectivity index (χ3v) is 4.50. The summed E-state index contributed by atoms with van der Waals surface area (Å²) in [6.45, 7) is 3.26. The van der Waals surface area contributed by atoms with Gasteiger partial charge in [0.05, 0.1) is 5.69 Å². The molecule has 0 aliphatic heterocycles. The van der Waals surface area contributed by atoms with Crippen molar-refractivity contribution >= 4 is 28.9 Å². The molecule has 0 aliphatic carbocycles. The van der Waals surface area contributed by atoms with Crippen LogP contribution in [0.2, 0.25) is 0 Å². The summed E-state index contributed by atoms with van der Waals surface area (Å²) < 4.78 is 29.0. The molecule has 2 N–H and O–H groups in total. The van der Waals surface area contributed by atoms with Gasteiger partial charge in [0.25, 0.3) is 0 Å². The minimum Gasteiger partial charge on any atom is -0.325 e. The van der Waals surface area contributed by atoms with Crippen LogP contribution in [0.15, 0.2) is 53.3 Å². The van der Waals surface area contributed by atoms with E-state index in [0.717, 1.165) is 28.1 Å². The molecule has 0 unspecified atom stereocenters. The van der Waals surface area contributed by atoms with E-state index in [0.29, 0.717) is 17.4 Å². The van der Waals surface area contributed by atoms with Crippen molar-refractivity contribution in [2.45, 2.75) is 20.4 Å². The van der Waals surface area contributed by atoms with E-state index in [-0.39, 0.29) is 11.6 Å². The van der Waals surface area contributed by atoms with Crippen molar-refractivity contribution in [1.82, 2.24) is 19.2 Å². The Labute approximate surface area is 175 Å². The van der Waals surface area contributed by atoms with Crippen molar-refractivity contribution in [2.24, 2.45) is 0 Å². The van der Waals surface area contributed by atoms with Crippen LogP contribution in [0.25, 0.3) is 5.65 Å². The summed E-state index contributed by atoms with van der Waals surface area (Å²) in [5, 5.41) is 9.58. The Morgan fingerprint density at radius 3 is 2.52 bits per heavy atom. The van der Waals surface area contributed by atoms with Gasteiger partial charge in [0.1, 0.15) is 18.2 Å². The quantitative estimate of drug-likeness (QED) is 0.513. The number of nitrogens with zero attached hydrogens (tertiary/aromatic N) is 4. The minimum atomic E-state index is -0.917. The van der Waals surface area contributed by atoms with Crippen LogP contribution in [-0.2, 0) is 11.3 Å². The molecule has 4 aromatic rings. The lowest BCUT2D eigenvalue weighted by atomic mass is 10.2. The summed E-state index contributed by atoms with van der Waals surface area (Å²) in [4.78, 5) is 29.6. The highest BCUT2D eigenvalue weighted by atomic mass is 19.1. The summed E-state index contributed by atoms with van der Waals surface area (Å²) >= 11 is 0. The van der Waals surface area contributed by atoms with E-state index < -0.39 is 29.8 Å². The first kappa shape index (κ1) is 20.2. The SMILES string of the molecule is Cc1ccc(Nc2nc(C)cc3nn(CC(=O)Nc4ccc(F)cc4F)c(=O)n23)cc1. The van der Waals surface area contributed by atoms with Gasteiger partial charge in [0.15, 0.2) is 5.65 Å². The van der Waals surface area contributed by atoms with Gasteiger partial charge in [0.2, 0.25) is 11.9 Å². The van der Waals surface area contributed by atoms with Crippen molar-refractivity contribution in [2.75, 3.05) is 10.6 Å². The maximum absolute atomic E-state index is 13.8. The van der Waals surface area contributed by atoms with Gasteiger partial charge in [-0.05, 0) is 38.1 Å². The number of aryl methyl sites for hydroxylation is 2. The second kappa shape index (κ2) is 7.98. The molecular weight excluding hydrogens is 406 g/mol. The van der Waals surface area contributed by atoms with Crippen molar-refractivity contribution < 1.29 is 13.6 Å². The summed E-state index contributed by atoms with van der Waals surface area (Å²) in [7, 11) is 0. The zero-order chi connectivity index (χ0) is 22.1. The van der Waals surface area contributed by atoms with Crippen LogP contribution < -0.4 is 16.3 Å². The zero-order valence-corrected chi connectivity index (χ0v) is 16.7. The van der Waals surface area contributed by atoms with Crippen LogP contribution >= 0.6 is 0 Å². The molecule has 0 bridgehead atoms. The van der Waals surface area contributed by atoms with Gasteiger partial charge >= 0.3 is 5.69 Å². The molecule has 0 saturated carbocycles. The summed E-state index contributed by atoms with van der Waals surface area (Å²) in [5.41, 5.74) is 1.95. The molecular formula is C21H18F2N6O2. The topological polar surface area (TPSA) is 93.3 Å². The van der Waals surface area contributed by atoms with Crippen LogP contribution in [0.5, 0.6) is 0 Å². The lowest BCUT2D eigenvalue weighted by Crippen LogP contribution is -2.29. The molecule has 0 spiro atoms. The largest absolute Gasteiger partial charge is 0.353 e. The molecule has 4 rings (SSSR count). The number of fused-ring (bicyclic) bond motifs is 1. The molecule has 8 nitrogen and oxygen atoms in total. The number of hydrogen-bond donors (Lipinski definition) is 2. The molecule has 0 radical (unpaired) electrons. The fraction of sp³-hybridized carbons (Fsp3) is 0.143. The third-order valence-electron chi connectivity index (χ3n) is 4.50. The first-order chi connectivity index (χ1) is 14.8. The Hall–Kier alpha value is -4.08. The van der Waals surface area contributed by atoms with Crippen molar-refractivity contribution in [3.63, 3.8) is 0 Å². The van der Waals surface area contributed by atoms with Crippen LogP contribution in [0.4, 0.5) is 26.1 Å². The van der Waals surface area contributed by atoms with Crippen LogP contribution in [0.1, 0.15) is 11.3 Å². The zero-order valence-electron chi connectivity index (χ0n) is 16.7. The average molecular weight is 424 g/mol. The fourth-order valence-corrected chi connectivity index (χ4v) is 3.02. The highest BCUT2D eigenvalue weighted by Crippen LogP contribution is 2.17. The lowest BCUT2D eigenvalue weighted by molar-refractivity contribution is -0.117. The summed E-state index contributed by atoms with van der Waals surface area (Å²) in [6, 6.07) is 11.9. The number of benzene rings is 2. The predicted octanol–water partition coefficient (Wildman–Crippen LogP) is 3.17. The highest BCUT2D eigenvalue weighted by molar-refractivity contribution is 5.90. The molecule has 0 fully saturated rings. The Morgan fingerprint density at radius 1 is 1.06 bits per heavy atom. The summed E-state index contributed by atoms with van der Waals surface area (Å²) in [5.74, 6) is -2.11. The molecule has 10 heteroatoms. The van der Waals surface area contributed by atoms with E-state index in [4.69, 9.17) is 0 Å². The molecule has 0 saturated heterocycles. The van der Waals surface area contributed by atoms with Gasteiger partial charge in [-0.3, -0.25) is 4.79 Å². The number of aromatic nitrogens is 4. The standard InChI is InChI=1S/C21H18F2N6O2/c1-12-3-6-15(7-4-12)25-20-24-13(2)9-18-27-28(21(31)29(18)20)11-19(30)26-17-8-5-14(22)10-16(17)23/h3-10H,11H2,1-2H3,(H,24,25)(H,26,30). The average Bonchev–Trinajstić information content (AvgIpc) is 3.01. The number of halogens is 2. The number of anilines is 3. The molecule has 2 heterocycles. The van der Waals surface area contributed by atoms with E-state index in [1.807, 2.05) is 31.2 Å². The minimum absolute atomic E-state index is 0.192. The number of nitrogens with one attached hydrogen (secondary N) is 2. The number of amides is 1. The number of rotatable bonds is 5. The first-order valence-electron chi connectivity index (χ1n) is 9.36. The number of hydrogen-bond acceptors (Lipinski definition) is 5. The van der Waals surface area contributed by atoms with Crippen molar-refractivity contribution in [3.8, 4) is 0 Å². The maximum Gasteiger partial charge on any atom is 0.353 e. The highest BCUT2D eigenvalue weighted by Gasteiger charge is 2.16. The molecule has 2 aromatic heterocycles. The van der Waals surface area contributed by atoms with Gasteiger partial charge in [-0.25, -0.2) is 27.6 Å². The Morgan fingerprint density at radius 2 is 1.81 bits per heavy atom. The molecule has 0 aliphatic rings. The normalized spacial score (nSPS) is 11.0. The van der Waals surface area contributed by atoms with E-state index in [9.17, 15) is 18.4 Å². The third kappa shape index (κ3) is 4.27. The Balaban J connectivity index is 1.63. The Bertz CT molecular complexity index is 1340. The molecule has 0 atom stereocenters. The Kier molecular flexibility index (Phi) is 5.20. The molecule has 158 valence electrons. The molecule has 31 heavy (non-hydrogen) atoms. The van der Waals surface area contributed by atoms with Gasteiger partial charge in [0, 0.05) is 23.5 Å². The van der Waals surface area contributed by atoms with Gasteiger partial charge in [-0.2, -0.15) is 0 Å². The van der Waals surface area contributed by atoms with Crippen molar-refractivity contribution in [3.05, 3.63) is 81.9 Å². The van der Waals surface area contributed by atoms with E-state index >= 15 is 0 Å². The lowest BCUT2D eigenvalue weighted by Gasteiger charge is -2.08. The van der Waals surface area contributed by atoms with Crippen LogP contribution in [0.3, 0.4) is 0 Å². The smallest absolute Gasteiger partial charge is 0.325 e. The van der Waals surface area contributed by atoms with E-state index in [2.05, 4.69) is 20.7 Å². The second-order valence-electron chi connectivity index (χ2n) is 7.02. The van der Waals surface area contributed by atoms with Crippen LogP contribution in [0, 0.1) is 25.5 Å². The molecule has 1 amide bonds. The molecule has 2 aromatic carbocycles. The van der Waals surface area contributed by atoms with Gasteiger partial charge in [-0.15, -0.1) is 5.10 Å². The number of carbonyl (C=O) groups is 1.